The highest BCUT2D eigenvalue weighted by atomic mass is 16.3. The van der Waals surface area contributed by atoms with E-state index in [2.05, 4.69) is 4.98 Å². The minimum Gasteiger partial charge on any atom is -0.507 e. The number of rotatable bonds is 4. The highest BCUT2D eigenvalue weighted by Gasteiger charge is 2.45. The summed E-state index contributed by atoms with van der Waals surface area (Å²) in [5.74, 6) is -1.37. The SMILES string of the molecule is CCCN1C(=O)C(=O)/C(=C(\O)c2ccncc2)C1c1cccc(C)c1. The van der Waals surface area contributed by atoms with Gasteiger partial charge in [0.15, 0.2) is 0 Å². The summed E-state index contributed by atoms with van der Waals surface area (Å²) in [7, 11) is 0. The van der Waals surface area contributed by atoms with Crippen LogP contribution in [0.4, 0.5) is 0 Å². The normalized spacial score (nSPS) is 19.4. The fourth-order valence-electron chi connectivity index (χ4n) is 3.20. The maximum atomic E-state index is 12.6. The molecule has 2 heterocycles. The van der Waals surface area contributed by atoms with Crippen LogP contribution in [0, 0.1) is 6.92 Å². The zero-order valence-electron chi connectivity index (χ0n) is 14.3. The molecule has 128 valence electrons. The number of ketones is 1. The lowest BCUT2D eigenvalue weighted by Crippen LogP contribution is -2.30. The molecule has 5 nitrogen and oxygen atoms in total. The third-order valence-electron chi connectivity index (χ3n) is 4.32. The van der Waals surface area contributed by atoms with Gasteiger partial charge in [-0.05, 0) is 31.0 Å². The Balaban J connectivity index is 2.20. The molecular formula is C20H20N2O3. The van der Waals surface area contributed by atoms with E-state index in [4.69, 9.17) is 0 Å². The molecule has 2 aromatic rings. The van der Waals surface area contributed by atoms with Gasteiger partial charge in [-0.25, -0.2) is 0 Å². The smallest absolute Gasteiger partial charge is 0.295 e. The van der Waals surface area contributed by atoms with Crippen molar-refractivity contribution >= 4 is 17.4 Å². The largest absolute Gasteiger partial charge is 0.507 e. The standard InChI is InChI=1S/C20H20N2O3/c1-3-11-22-17(15-6-4-5-13(2)12-15)16(19(24)20(22)25)18(23)14-7-9-21-10-8-14/h4-10,12,17,23H,3,11H2,1-2H3/b18-16-. The van der Waals surface area contributed by atoms with Gasteiger partial charge in [0.25, 0.3) is 11.7 Å². The fraction of sp³-hybridized carbons (Fsp3) is 0.250. The van der Waals surface area contributed by atoms with Crippen molar-refractivity contribution in [3.63, 3.8) is 0 Å². The monoisotopic (exact) mass is 336 g/mol. The summed E-state index contributed by atoms with van der Waals surface area (Å²) in [6, 6.07) is 10.3. The van der Waals surface area contributed by atoms with Gasteiger partial charge in [-0.2, -0.15) is 0 Å². The van der Waals surface area contributed by atoms with Crippen LogP contribution in [0.2, 0.25) is 0 Å². The Bertz CT molecular complexity index is 843. The number of aromatic nitrogens is 1. The third kappa shape index (κ3) is 3.05. The summed E-state index contributed by atoms with van der Waals surface area (Å²) < 4.78 is 0. The number of nitrogens with zero attached hydrogens (tertiary/aromatic N) is 2. The van der Waals surface area contributed by atoms with Crippen LogP contribution in [0.3, 0.4) is 0 Å². The molecule has 0 bridgehead atoms. The van der Waals surface area contributed by atoms with Gasteiger partial charge in [0.1, 0.15) is 5.76 Å². The molecule has 0 aliphatic carbocycles. The lowest BCUT2D eigenvalue weighted by atomic mass is 9.94. The molecule has 1 fully saturated rings. The minimum absolute atomic E-state index is 0.134. The first kappa shape index (κ1) is 16.9. The van der Waals surface area contributed by atoms with E-state index in [1.54, 1.807) is 29.4 Å². The van der Waals surface area contributed by atoms with Crippen molar-refractivity contribution in [3.8, 4) is 0 Å². The van der Waals surface area contributed by atoms with Gasteiger partial charge in [0.05, 0.1) is 11.6 Å². The second-order valence-corrected chi connectivity index (χ2v) is 6.14. The van der Waals surface area contributed by atoms with Crippen molar-refractivity contribution in [2.45, 2.75) is 26.3 Å². The molecule has 0 spiro atoms. The molecule has 1 unspecified atom stereocenters. The van der Waals surface area contributed by atoms with Crippen LogP contribution in [-0.4, -0.2) is 33.2 Å². The Labute approximate surface area is 146 Å². The summed E-state index contributed by atoms with van der Waals surface area (Å²) in [6.45, 7) is 4.37. The molecule has 1 saturated heterocycles. The van der Waals surface area contributed by atoms with Crippen molar-refractivity contribution in [1.29, 1.82) is 0 Å². The van der Waals surface area contributed by atoms with Crippen molar-refractivity contribution in [1.82, 2.24) is 9.88 Å². The number of hydrogen-bond donors (Lipinski definition) is 1. The van der Waals surface area contributed by atoms with E-state index in [9.17, 15) is 14.7 Å². The summed E-state index contributed by atoms with van der Waals surface area (Å²) in [5, 5.41) is 10.7. The van der Waals surface area contributed by atoms with E-state index in [0.29, 0.717) is 12.1 Å². The van der Waals surface area contributed by atoms with E-state index in [0.717, 1.165) is 17.5 Å². The van der Waals surface area contributed by atoms with E-state index >= 15 is 0 Å². The second-order valence-electron chi connectivity index (χ2n) is 6.14. The van der Waals surface area contributed by atoms with Crippen LogP contribution in [0.15, 0.2) is 54.4 Å². The number of hydrogen-bond acceptors (Lipinski definition) is 4. The fourth-order valence-corrected chi connectivity index (χ4v) is 3.20. The molecule has 1 N–H and O–H groups in total. The first-order chi connectivity index (χ1) is 12.0. The van der Waals surface area contributed by atoms with Gasteiger partial charge >= 0.3 is 0 Å². The van der Waals surface area contributed by atoms with Gasteiger partial charge in [0.2, 0.25) is 0 Å². The number of Topliss-reactive ketones (excluding diaryl/α,β-unsaturated/α-hetero) is 1. The maximum absolute atomic E-state index is 12.6. The number of benzene rings is 1. The number of carbonyl (C=O) groups excluding carboxylic acids is 2. The number of aryl methyl sites for hydroxylation is 1. The van der Waals surface area contributed by atoms with Crippen LogP contribution in [0.25, 0.3) is 5.76 Å². The first-order valence-electron chi connectivity index (χ1n) is 8.30. The maximum Gasteiger partial charge on any atom is 0.295 e. The van der Waals surface area contributed by atoms with Crippen LogP contribution in [0.5, 0.6) is 0 Å². The molecule has 1 aliphatic rings. The summed E-state index contributed by atoms with van der Waals surface area (Å²) in [4.78, 5) is 30.6. The lowest BCUT2D eigenvalue weighted by molar-refractivity contribution is -0.139. The Kier molecular flexibility index (Phi) is 4.65. The molecule has 1 atom stereocenters. The number of carbonyl (C=O) groups is 2. The molecule has 0 saturated carbocycles. The van der Waals surface area contributed by atoms with Gasteiger partial charge in [-0.1, -0.05) is 36.8 Å². The van der Waals surface area contributed by atoms with Crippen LogP contribution < -0.4 is 0 Å². The van der Waals surface area contributed by atoms with E-state index in [-0.39, 0.29) is 11.3 Å². The summed E-state index contributed by atoms with van der Waals surface area (Å²) in [5.41, 5.74) is 2.46. The first-order valence-corrected chi connectivity index (χ1v) is 8.30. The molecule has 1 aromatic carbocycles. The summed E-state index contributed by atoms with van der Waals surface area (Å²) in [6.07, 6.45) is 3.81. The average molecular weight is 336 g/mol. The topological polar surface area (TPSA) is 70.5 Å². The Morgan fingerprint density at radius 3 is 2.56 bits per heavy atom. The molecule has 25 heavy (non-hydrogen) atoms. The zero-order valence-corrected chi connectivity index (χ0v) is 14.3. The Morgan fingerprint density at radius 1 is 1.20 bits per heavy atom. The van der Waals surface area contributed by atoms with Crippen molar-refractivity contribution in [2.75, 3.05) is 6.54 Å². The minimum atomic E-state index is -0.644. The molecule has 1 amide bonds. The predicted octanol–water partition coefficient (Wildman–Crippen LogP) is 3.22. The third-order valence-corrected chi connectivity index (χ3v) is 4.32. The van der Waals surface area contributed by atoms with Crippen molar-refractivity contribution in [2.24, 2.45) is 0 Å². The molecule has 5 heteroatoms. The lowest BCUT2D eigenvalue weighted by Gasteiger charge is -2.25. The average Bonchev–Trinajstić information content (AvgIpc) is 2.87. The van der Waals surface area contributed by atoms with Crippen molar-refractivity contribution in [3.05, 3.63) is 71.1 Å². The molecule has 3 rings (SSSR count). The quantitative estimate of drug-likeness (QED) is 0.529. The number of aliphatic hydroxyl groups excluding tert-OH is 1. The number of pyridine rings is 1. The van der Waals surface area contributed by atoms with Crippen LogP contribution in [0.1, 0.15) is 36.1 Å². The Hall–Kier alpha value is -2.95. The molecule has 1 aliphatic heterocycles. The highest BCUT2D eigenvalue weighted by Crippen LogP contribution is 2.39. The molecule has 1 aromatic heterocycles. The Morgan fingerprint density at radius 2 is 1.92 bits per heavy atom. The highest BCUT2D eigenvalue weighted by molar-refractivity contribution is 6.46. The van der Waals surface area contributed by atoms with E-state index < -0.39 is 17.7 Å². The van der Waals surface area contributed by atoms with Gasteiger partial charge < -0.3 is 10.0 Å². The number of aliphatic hydroxyl groups is 1. The van der Waals surface area contributed by atoms with Crippen LogP contribution >= 0.6 is 0 Å². The summed E-state index contributed by atoms with van der Waals surface area (Å²) >= 11 is 0. The van der Waals surface area contributed by atoms with Gasteiger partial charge in [-0.15, -0.1) is 0 Å². The van der Waals surface area contributed by atoms with E-state index in [1.807, 2.05) is 38.1 Å². The molecular weight excluding hydrogens is 316 g/mol. The predicted molar refractivity (Wildman–Crippen MR) is 94.7 cm³/mol. The van der Waals surface area contributed by atoms with Crippen molar-refractivity contribution < 1.29 is 14.7 Å². The second kappa shape index (κ2) is 6.89. The number of amides is 1. The number of likely N-dealkylation sites (tertiary alicyclic amines) is 1. The molecule has 0 radical (unpaired) electrons. The van der Waals surface area contributed by atoms with Gasteiger partial charge in [-0.3, -0.25) is 14.6 Å². The van der Waals surface area contributed by atoms with Gasteiger partial charge in [0, 0.05) is 24.5 Å². The van der Waals surface area contributed by atoms with Crippen LogP contribution in [-0.2, 0) is 9.59 Å². The van der Waals surface area contributed by atoms with E-state index in [1.165, 1.54) is 0 Å². The zero-order chi connectivity index (χ0) is 18.0.